The van der Waals surface area contributed by atoms with Crippen molar-refractivity contribution < 1.29 is 14.6 Å². The Hall–Kier alpha value is -0.640. The van der Waals surface area contributed by atoms with E-state index in [1.807, 2.05) is 0 Å². The quantitative estimate of drug-likeness (QED) is 0.623. The van der Waals surface area contributed by atoms with E-state index in [9.17, 15) is 5.11 Å². The molecule has 3 heteroatoms. The third-order valence-electron chi connectivity index (χ3n) is 6.13. The van der Waals surface area contributed by atoms with Gasteiger partial charge in [0.25, 0.3) is 0 Å². The average Bonchev–Trinajstić information content (AvgIpc) is 2.97. The zero-order valence-electron chi connectivity index (χ0n) is 15.0. The van der Waals surface area contributed by atoms with Gasteiger partial charge in [-0.2, -0.15) is 0 Å². The van der Waals surface area contributed by atoms with Crippen molar-refractivity contribution in [3.8, 4) is 0 Å². The molecule has 0 aromatic rings. The molecule has 2 fully saturated rings. The molecule has 0 bridgehead atoms. The van der Waals surface area contributed by atoms with Crippen LogP contribution in [-0.2, 0) is 9.47 Å². The number of fused-ring (bicyclic) bond motifs is 2. The topological polar surface area (TPSA) is 42.0 Å². The summed E-state index contributed by atoms with van der Waals surface area (Å²) < 4.78 is 11.5. The molecule has 0 unspecified atom stereocenters. The molecule has 130 valence electrons. The van der Waals surface area contributed by atoms with Gasteiger partial charge in [-0.3, -0.25) is 0 Å². The van der Waals surface area contributed by atoms with Crippen LogP contribution in [0.25, 0.3) is 0 Å². The summed E-state index contributed by atoms with van der Waals surface area (Å²) in [7, 11) is 0. The molecular formula is C20H32O3. The van der Waals surface area contributed by atoms with Gasteiger partial charge in [-0.05, 0) is 70.3 Å². The summed E-state index contributed by atoms with van der Waals surface area (Å²) in [6.07, 6.45) is 9.84. The summed E-state index contributed by atoms with van der Waals surface area (Å²) in [5.41, 5.74) is 2.76. The van der Waals surface area contributed by atoms with Gasteiger partial charge in [-0.15, -0.1) is 0 Å². The van der Waals surface area contributed by atoms with Crippen LogP contribution < -0.4 is 0 Å². The standard InChI is InChI=1S/C20H32O3/c1-13(2)6-5-7-14(3)16-10-11-20(4)17(23-20)9-8-15-12-22-19(21)18(15)16/h6,8,14,16-19,21H,5,7,9-12H2,1-4H3/t14-,16+,17+,18-,19+,20-/m1/s1. The first-order valence-corrected chi connectivity index (χ1v) is 9.20. The summed E-state index contributed by atoms with van der Waals surface area (Å²) >= 11 is 0. The molecule has 0 aromatic carbocycles. The number of hydrogen-bond donors (Lipinski definition) is 1. The Labute approximate surface area is 140 Å². The van der Waals surface area contributed by atoms with Crippen molar-refractivity contribution in [2.75, 3.05) is 6.61 Å². The molecule has 0 amide bonds. The van der Waals surface area contributed by atoms with Gasteiger partial charge >= 0.3 is 0 Å². The van der Waals surface area contributed by atoms with Gasteiger partial charge in [0.1, 0.15) is 0 Å². The van der Waals surface area contributed by atoms with Crippen molar-refractivity contribution in [1.29, 1.82) is 0 Å². The van der Waals surface area contributed by atoms with E-state index in [0.717, 1.165) is 25.7 Å². The van der Waals surface area contributed by atoms with E-state index in [-0.39, 0.29) is 11.5 Å². The van der Waals surface area contributed by atoms with Crippen LogP contribution in [0.3, 0.4) is 0 Å². The fourth-order valence-electron chi connectivity index (χ4n) is 4.43. The van der Waals surface area contributed by atoms with Crippen molar-refractivity contribution in [1.82, 2.24) is 0 Å². The van der Waals surface area contributed by atoms with Crippen LogP contribution in [0.15, 0.2) is 23.3 Å². The smallest absolute Gasteiger partial charge is 0.161 e. The van der Waals surface area contributed by atoms with E-state index >= 15 is 0 Å². The first-order chi connectivity index (χ1) is 10.9. The Kier molecular flexibility index (Phi) is 5.01. The van der Waals surface area contributed by atoms with Gasteiger partial charge in [-0.25, -0.2) is 0 Å². The highest BCUT2D eigenvalue weighted by Crippen LogP contribution is 2.49. The van der Waals surface area contributed by atoms with E-state index in [0.29, 0.717) is 24.5 Å². The Bertz CT molecular complexity index is 491. The predicted octanol–water partition coefficient (Wildman–Crippen LogP) is 4.22. The summed E-state index contributed by atoms with van der Waals surface area (Å²) in [4.78, 5) is 0. The van der Waals surface area contributed by atoms with Gasteiger partial charge < -0.3 is 14.6 Å². The number of aliphatic hydroxyl groups is 1. The van der Waals surface area contributed by atoms with Crippen LogP contribution in [0, 0.1) is 17.8 Å². The summed E-state index contributed by atoms with van der Waals surface area (Å²) in [5, 5.41) is 10.4. The monoisotopic (exact) mass is 320 g/mol. The molecule has 0 aromatic heterocycles. The number of hydrogen-bond acceptors (Lipinski definition) is 3. The lowest BCUT2D eigenvalue weighted by Crippen LogP contribution is -2.30. The zero-order valence-corrected chi connectivity index (χ0v) is 15.0. The van der Waals surface area contributed by atoms with Crippen molar-refractivity contribution in [3.05, 3.63) is 23.3 Å². The van der Waals surface area contributed by atoms with Crippen LogP contribution >= 0.6 is 0 Å². The predicted molar refractivity (Wildman–Crippen MR) is 92.0 cm³/mol. The van der Waals surface area contributed by atoms with Crippen molar-refractivity contribution in [3.63, 3.8) is 0 Å². The summed E-state index contributed by atoms with van der Waals surface area (Å²) in [5.74, 6) is 1.23. The fourth-order valence-corrected chi connectivity index (χ4v) is 4.43. The summed E-state index contributed by atoms with van der Waals surface area (Å²) in [6, 6.07) is 0. The van der Waals surface area contributed by atoms with Crippen LogP contribution in [0.4, 0.5) is 0 Å². The lowest BCUT2D eigenvalue weighted by Gasteiger charge is -2.31. The lowest BCUT2D eigenvalue weighted by molar-refractivity contribution is -0.0981. The molecule has 0 spiro atoms. The number of epoxide rings is 1. The Morgan fingerprint density at radius 1 is 1.48 bits per heavy atom. The Morgan fingerprint density at radius 2 is 2.26 bits per heavy atom. The number of ether oxygens (including phenoxy) is 2. The van der Waals surface area contributed by atoms with Crippen LogP contribution in [-0.4, -0.2) is 29.7 Å². The minimum Gasteiger partial charge on any atom is -0.367 e. The third-order valence-corrected chi connectivity index (χ3v) is 6.13. The molecule has 1 aliphatic carbocycles. The van der Waals surface area contributed by atoms with Gasteiger partial charge in [-0.1, -0.05) is 24.6 Å². The molecular weight excluding hydrogens is 288 g/mol. The van der Waals surface area contributed by atoms with Crippen LogP contribution in [0.1, 0.15) is 59.8 Å². The second-order valence-electron chi connectivity index (χ2n) is 8.20. The molecule has 0 radical (unpaired) electrons. The van der Waals surface area contributed by atoms with E-state index < -0.39 is 6.29 Å². The zero-order chi connectivity index (χ0) is 16.6. The normalized spacial score (nSPS) is 40.8. The molecule has 2 heterocycles. The largest absolute Gasteiger partial charge is 0.367 e. The molecule has 2 aliphatic heterocycles. The first-order valence-electron chi connectivity index (χ1n) is 9.20. The lowest BCUT2D eigenvalue weighted by atomic mass is 9.74. The molecule has 3 rings (SSSR count). The van der Waals surface area contributed by atoms with E-state index in [4.69, 9.17) is 9.47 Å². The Morgan fingerprint density at radius 3 is 3.00 bits per heavy atom. The second kappa shape index (κ2) is 6.70. The average molecular weight is 320 g/mol. The van der Waals surface area contributed by atoms with E-state index in [2.05, 4.69) is 39.8 Å². The maximum Gasteiger partial charge on any atom is 0.161 e. The van der Waals surface area contributed by atoms with E-state index in [1.165, 1.54) is 17.6 Å². The summed E-state index contributed by atoms with van der Waals surface area (Å²) in [6.45, 7) is 9.50. The number of aliphatic hydroxyl groups excluding tert-OH is 1. The van der Waals surface area contributed by atoms with Gasteiger partial charge in [0.15, 0.2) is 6.29 Å². The maximum absolute atomic E-state index is 10.4. The Balaban J connectivity index is 1.75. The molecule has 3 nitrogen and oxygen atoms in total. The van der Waals surface area contributed by atoms with Crippen LogP contribution in [0.2, 0.25) is 0 Å². The molecule has 23 heavy (non-hydrogen) atoms. The highest BCUT2D eigenvalue weighted by Gasteiger charge is 2.53. The van der Waals surface area contributed by atoms with Gasteiger partial charge in [0.05, 0.1) is 18.3 Å². The molecule has 0 saturated carbocycles. The van der Waals surface area contributed by atoms with E-state index in [1.54, 1.807) is 0 Å². The minimum atomic E-state index is -0.625. The highest BCUT2D eigenvalue weighted by atomic mass is 16.6. The SMILES string of the molecule is CC(C)=CCC[C@@H](C)[C@@H]1CC[C@@]2(C)O[C@H]2CC=C2CO[C@H](O)[C@H]21. The minimum absolute atomic E-state index is 0.0688. The van der Waals surface area contributed by atoms with Gasteiger partial charge in [0, 0.05) is 5.92 Å². The fraction of sp³-hybridized carbons (Fsp3) is 0.800. The molecule has 2 saturated heterocycles. The number of allylic oxidation sites excluding steroid dienone is 2. The maximum atomic E-state index is 10.4. The van der Waals surface area contributed by atoms with Gasteiger partial charge in [0.2, 0.25) is 0 Å². The first kappa shape index (κ1) is 17.2. The van der Waals surface area contributed by atoms with Crippen molar-refractivity contribution in [2.45, 2.75) is 77.8 Å². The molecule has 6 atom stereocenters. The molecule has 3 aliphatic rings. The third kappa shape index (κ3) is 3.72. The molecule has 1 N–H and O–H groups in total. The van der Waals surface area contributed by atoms with Crippen LogP contribution in [0.5, 0.6) is 0 Å². The van der Waals surface area contributed by atoms with Crippen molar-refractivity contribution in [2.24, 2.45) is 17.8 Å². The number of rotatable bonds is 4. The second-order valence-corrected chi connectivity index (χ2v) is 8.20. The van der Waals surface area contributed by atoms with Crippen molar-refractivity contribution >= 4 is 0 Å². The highest BCUT2D eigenvalue weighted by molar-refractivity contribution is 5.18.